The molecular weight excluding hydrogens is 364 g/mol. The molecule has 1 unspecified atom stereocenters. The first kappa shape index (κ1) is 17.7. The van der Waals surface area contributed by atoms with E-state index in [9.17, 15) is 13.2 Å². The zero-order valence-corrected chi connectivity index (χ0v) is 14.8. The summed E-state index contributed by atoms with van der Waals surface area (Å²) in [5.74, 6) is -0.116. The van der Waals surface area contributed by atoms with Gasteiger partial charge in [-0.3, -0.25) is 4.90 Å². The zero-order valence-electron chi connectivity index (χ0n) is 13.3. The number of cyclic esters (lactones) is 1. The molecule has 1 fully saturated rings. The summed E-state index contributed by atoms with van der Waals surface area (Å²) in [5.41, 5.74) is 1.35. The number of carbonyl (C=O) groups excluding carboxylic acids is 1. The molecule has 0 bridgehead atoms. The van der Waals surface area contributed by atoms with Crippen molar-refractivity contribution in [1.29, 1.82) is 0 Å². The van der Waals surface area contributed by atoms with E-state index < -0.39 is 22.2 Å². The summed E-state index contributed by atoms with van der Waals surface area (Å²) in [4.78, 5) is 13.4. The van der Waals surface area contributed by atoms with Crippen LogP contribution in [0.2, 0.25) is 5.02 Å². The van der Waals surface area contributed by atoms with Gasteiger partial charge >= 0.3 is 6.09 Å². The monoisotopic (exact) mass is 380 g/mol. The van der Waals surface area contributed by atoms with Crippen LogP contribution >= 0.6 is 11.6 Å². The highest BCUT2D eigenvalue weighted by Gasteiger charge is 2.33. The van der Waals surface area contributed by atoms with E-state index in [-0.39, 0.29) is 18.8 Å². The van der Waals surface area contributed by atoms with Gasteiger partial charge in [-0.2, -0.15) is 0 Å². The van der Waals surface area contributed by atoms with E-state index >= 15 is 0 Å². The zero-order chi connectivity index (χ0) is 17.9. The molecule has 2 aromatic rings. The van der Waals surface area contributed by atoms with Crippen molar-refractivity contribution in [2.75, 3.05) is 18.0 Å². The second kappa shape index (κ2) is 7.43. The van der Waals surface area contributed by atoms with E-state index in [2.05, 4.69) is 4.72 Å². The Morgan fingerprint density at radius 1 is 1.12 bits per heavy atom. The van der Waals surface area contributed by atoms with Gasteiger partial charge in [0.2, 0.25) is 10.0 Å². The van der Waals surface area contributed by atoms with Gasteiger partial charge in [0.1, 0.15) is 6.10 Å². The Hall–Kier alpha value is -2.09. The number of carbonyl (C=O) groups is 1. The van der Waals surface area contributed by atoms with E-state index in [4.69, 9.17) is 16.3 Å². The molecule has 6 nitrogen and oxygen atoms in total. The topological polar surface area (TPSA) is 75.7 Å². The molecule has 0 aliphatic carbocycles. The number of anilines is 1. The van der Waals surface area contributed by atoms with E-state index in [0.29, 0.717) is 16.3 Å². The molecule has 0 aromatic heterocycles. The molecule has 0 saturated carbocycles. The van der Waals surface area contributed by atoms with Crippen molar-refractivity contribution >= 4 is 33.4 Å². The Kier molecular flexibility index (Phi) is 5.27. The van der Waals surface area contributed by atoms with E-state index in [1.54, 1.807) is 48.5 Å². The number of halogens is 1. The van der Waals surface area contributed by atoms with Gasteiger partial charge in [0.25, 0.3) is 0 Å². The van der Waals surface area contributed by atoms with Gasteiger partial charge in [0.05, 0.1) is 12.3 Å². The minimum atomic E-state index is -3.50. The molecule has 1 atom stereocenters. The quantitative estimate of drug-likeness (QED) is 0.836. The number of amides is 1. The van der Waals surface area contributed by atoms with Gasteiger partial charge in [0.15, 0.2) is 0 Å². The number of nitrogens with zero attached hydrogens (tertiary/aromatic N) is 1. The predicted octanol–water partition coefficient (Wildman–Crippen LogP) is 2.78. The van der Waals surface area contributed by atoms with E-state index in [1.165, 1.54) is 4.90 Å². The van der Waals surface area contributed by atoms with Crippen molar-refractivity contribution in [2.45, 2.75) is 11.9 Å². The fourth-order valence-corrected chi connectivity index (χ4v) is 3.82. The van der Waals surface area contributed by atoms with Gasteiger partial charge in [-0.05, 0) is 29.8 Å². The predicted molar refractivity (Wildman–Crippen MR) is 96.1 cm³/mol. The van der Waals surface area contributed by atoms with Crippen LogP contribution in [0.25, 0.3) is 0 Å². The Morgan fingerprint density at radius 3 is 2.48 bits per heavy atom. The second-order valence-electron chi connectivity index (χ2n) is 5.69. The molecule has 2 aromatic carbocycles. The highest BCUT2D eigenvalue weighted by atomic mass is 35.5. The van der Waals surface area contributed by atoms with Crippen molar-refractivity contribution < 1.29 is 17.9 Å². The van der Waals surface area contributed by atoms with Crippen LogP contribution in [0.15, 0.2) is 54.6 Å². The third-order valence-corrected chi connectivity index (χ3v) is 5.31. The van der Waals surface area contributed by atoms with Crippen LogP contribution in [0.5, 0.6) is 0 Å². The Labute approximate surface area is 151 Å². The summed E-state index contributed by atoms with van der Waals surface area (Å²) in [5, 5.41) is 0.571. The van der Waals surface area contributed by atoms with Gasteiger partial charge in [-0.15, -0.1) is 0 Å². The summed E-state index contributed by atoms with van der Waals surface area (Å²) in [6.07, 6.45) is -1.05. The average molecular weight is 381 g/mol. The standard InChI is InChI=1S/C17H17ClN2O4S/c18-14-6-8-15(9-7-14)20-11-16(24-17(20)21)10-19-25(22,23)12-13-4-2-1-3-5-13/h1-9,16,19H,10-12H2. The number of rotatable bonds is 6. The number of sulfonamides is 1. The summed E-state index contributed by atoms with van der Waals surface area (Å²) in [6.45, 7) is 0.305. The molecule has 1 aliphatic heterocycles. The lowest BCUT2D eigenvalue weighted by molar-refractivity contribution is 0.143. The molecule has 1 saturated heterocycles. The van der Waals surface area contributed by atoms with Gasteiger partial charge in [0, 0.05) is 17.3 Å². The molecule has 8 heteroatoms. The minimum absolute atomic E-state index is 0.0327. The number of benzene rings is 2. The van der Waals surface area contributed by atoms with Crippen LogP contribution < -0.4 is 9.62 Å². The van der Waals surface area contributed by atoms with Crippen LogP contribution in [0, 0.1) is 0 Å². The summed E-state index contributed by atoms with van der Waals surface area (Å²) in [6, 6.07) is 15.7. The highest BCUT2D eigenvalue weighted by Crippen LogP contribution is 2.23. The molecular formula is C17H17ClN2O4S. The van der Waals surface area contributed by atoms with E-state index in [1.807, 2.05) is 6.07 Å². The molecule has 0 radical (unpaired) electrons. The maximum atomic E-state index is 12.1. The van der Waals surface area contributed by atoms with Crippen molar-refractivity contribution in [3.05, 3.63) is 65.2 Å². The normalized spacial score (nSPS) is 17.6. The molecule has 1 amide bonds. The number of ether oxygens (including phenoxy) is 1. The van der Waals surface area contributed by atoms with Crippen LogP contribution in [0.3, 0.4) is 0 Å². The molecule has 0 spiro atoms. The average Bonchev–Trinajstić information content (AvgIpc) is 2.95. The van der Waals surface area contributed by atoms with Crippen molar-refractivity contribution in [1.82, 2.24) is 4.72 Å². The van der Waals surface area contributed by atoms with Crippen molar-refractivity contribution in [3.63, 3.8) is 0 Å². The van der Waals surface area contributed by atoms with Crippen molar-refractivity contribution in [3.8, 4) is 0 Å². The molecule has 1 N–H and O–H groups in total. The fourth-order valence-electron chi connectivity index (χ4n) is 2.52. The van der Waals surface area contributed by atoms with E-state index in [0.717, 1.165) is 0 Å². The summed E-state index contributed by atoms with van der Waals surface area (Å²) >= 11 is 5.84. The van der Waals surface area contributed by atoms with Crippen molar-refractivity contribution in [2.24, 2.45) is 0 Å². The minimum Gasteiger partial charge on any atom is -0.443 e. The highest BCUT2D eigenvalue weighted by molar-refractivity contribution is 7.88. The van der Waals surface area contributed by atoms with Crippen LogP contribution in [-0.4, -0.2) is 33.7 Å². The molecule has 132 valence electrons. The lowest BCUT2D eigenvalue weighted by Crippen LogP contribution is -2.35. The first-order valence-corrected chi connectivity index (χ1v) is 9.71. The maximum Gasteiger partial charge on any atom is 0.414 e. The Morgan fingerprint density at radius 2 is 1.80 bits per heavy atom. The smallest absolute Gasteiger partial charge is 0.414 e. The summed E-state index contributed by atoms with van der Waals surface area (Å²) in [7, 11) is -3.50. The first-order valence-electron chi connectivity index (χ1n) is 7.68. The molecule has 1 aliphatic rings. The van der Waals surface area contributed by atoms with Crippen LogP contribution in [-0.2, 0) is 20.5 Å². The largest absolute Gasteiger partial charge is 0.443 e. The molecule has 25 heavy (non-hydrogen) atoms. The lowest BCUT2D eigenvalue weighted by Gasteiger charge is -2.13. The fraction of sp³-hybridized carbons (Fsp3) is 0.235. The SMILES string of the molecule is O=C1OC(CNS(=O)(=O)Cc2ccccc2)CN1c1ccc(Cl)cc1. The third-order valence-electron chi connectivity index (χ3n) is 3.74. The van der Waals surface area contributed by atoms with Crippen LogP contribution in [0.1, 0.15) is 5.56 Å². The third kappa shape index (κ3) is 4.72. The molecule has 1 heterocycles. The van der Waals surface area contributed by atoms with Gasteiger partial charge in [-0.1, -0.05) is 41.9 Å². The Balaban J connectivity index is 1.57. The van der Waals surface area contributed by atoms with Gasteiger partial charge < -0.3 is 4.74 Å². The number of hydrogen-bond acceptors (Lipinski definition) is 4. The summed E-state index contributed by atoms with van der Waals surface area (Å²) < 4.78 is 32.0. The number of hydrogen-bond donors (Lipinski definition) is 1. The lowest BCUT2D eigenvalue weighted by atomic mass is 10.2. The second-order valence-corrected chi connectivity index (χ2v) is 7.93. The van der Waals surface area contributed by atoms with Gasteiger partial charge in [-0.25, -0.2) is 17.9 Å². The first-order chi connectivity index (χ1) is 11.9. The maximum absolute atomic E-state index is 12.1. The number of nitrogens with one attached hydrogen (secondary N) is 1. The molecule has 3 rings (SSSR count). The Bertz CT molecular complexity index is 841. The van der Waals surface area contributed by atoms with Crippen LogP contribution in [0.4, 0.5) is 10.5 Å².